The molecule has 0 spiro atoms. The topological polar surface area (TPSA) is 50.7 Å². The molecule has 0 radical (unpaired) electrons. The first-order valence-corrected chi connectivity index (χ1v) is 12.9. The first-order chi connectivity index (χ1) is 15.4. The van der Waals surface area contributed by atoms with Gasteiger partial charge in [0.2, 0.25) is 0 Å². The van der Waals surface area contributed by atoms with E-state index in [0.717, 1.165) is 56.8 Å². The summed E-state index contributed by atoms with van der Waals surface area (Å²) in [5.74, 6) is 0.646. The van der Waals surface area contributed by atoms with Crippen LogP contribution in [0.2, 0.25) is 5.02 Å². The number of ether oxygens (including phenoxy) is 1. The zero-order valence-corrected chi connectivity index (χ0v) is 21.7. The molecular weight excluding hydrogens is 555 g/mol. The number of nitrogens with zero attached hydrogens (tertiary/aromatic N) is 1. The van der Waals surface area contributed by atoms with Gasteiger partial charge in [0.15, 0.2) is 0 Å². The Morgan fingerprint density at radius 2 is 1.97 bits per heavy atom. The molecule has 4 nitrogen and oxygen atoms in total. The maximum Gasteiger partial charge on any atom is 0.259 e. The number of halogens is 2. The van der Waals surface area contributed by atoms with Crippen LogP contribution in [0.5, 0.6) is 5.75 Å². The molecule has 0 aliphatic heterocycles. The van der Waals surface area contributed by atoms with E-state index in [9.17, 15) is 4.79 Å². The normalized spacial score (nSPS) is 13.4. The van der Waals surface area contributed by atoms with Gasteiger partial charge in [-0.25, -0.2) is 4.99 Å². The lowest BCUT2D eigenvalue weighted by Gasteiger charge is -2.14. The van der Waals surface area contributed by atoms with Crippen LogP contribution < -0.4 is 10.1 Å². The Hall–Kier alpha value is -1.90. The van der Waals surface area contributed by atoms with E-state index in [4.69, 9.17) is 21.3 Å². The minimum atomic E-state index is -0.109. The van der Waals surface area contributed by atoms with Crippen LogP contribution in [-0.2, 0) is 12.8 Å². The molecule has 7 heteroatoms. The second kappa shape index (κ2) is 10.4. The number of thiophene rings is 1. The molecule has 1 heterocycles. The van der Waals surface area contributed by atoms with Gasteiger partial charge in [-0.15, -0.1) is 11.3 Å². The molecule has 2 aromatic carbocycles. The molecule has 0 atom stereocenters. The van der Waals surface area contributed by atoms with Crippen LogP contribution in [0, 0.1) is 3.57 Å². The van der Waals surface area contributed by atoms with Crippen LogP contribution in [0.3, 0.4) is 0 Å². The summed E-state index contributed by atoms with van der Waals surface area (Å²) >= 11 is 10.2. The third-order valence-electron chi connectivity index (χ3n) is 5.12. The highest BCUT2D eigenvalue weighted by molar-refractivity contribution is 14.1. The fourth-order valence-electron chi connectivity index (χ4n) is 3.76. The Morgan fingerprint density at radius 1 is 1.22 bits per heavy atom. The van der Waals surface area contributed by atoms with Crippen molar-refractivity contribution in [3.63, 3.8) is 0 Å². The molecule has 4 rings (SSSR count). The van der Waals surface area contributed by atoms with Crippen molar-refractivity contribution in [3.05, 3.63) is 72.6 Å². The summed E-state index contributed by atoms with van der Waals surface area (Å²) in [7, 11) is 0. The largest absolute Gasteiger partial charge is 0.489 e. The van der Waals surface area contributed by atoms with Gasteiger partial charge in [-0.1, -0.05) is 29.8 Å². The number of hydrogen-bond donors (Lipinski definition) is 1. The summed E-state index contributed by atoms with van der Waals surface area (Å²) in [5.41, 5.74) is 3.41. The molecular formula is C25H24ClIN2O2S. The van der Waals surface area contributed by atoms with E-state index in [2.05, 4.69) is 27.9 Å². The van der Waals surface area contributed by atoms with Gasteiger partial charge in [-0.2, -0.15) is 0 Å². The molecule has 0 saturated carbocycles. The Bertz CT molecular complexity index is 1160. The van der Waals surface area contributed by atoms with Gasteiger partial charge in [0.05, 0.1) is 15.2 Å². The van der Waals surface area contributed by atoms with Gasteiger partial charge in [-0.3, -0.25) is 4.79 Å². The van der Waals surface area contributed by atoms with Crippen LogP contribution >= 0.6 is 45.5 Å². The molecule has 1 aliphatic rings. The number of aryl methyl sites for hydroxylation is 1. The number of amides is 1. The van der Waals surface area contributed by atoms with Crippen molar-refractivity contribution < 1.29 is 9.53 Å². The molecule has 1 aromatic heterocycles. The number of anilines is 1. The zero-order valence-electron chi connectivity index (χ0n) is 18.0. The Labute approximate surface area is 211 Å². The average Bonchev–Trinajstić information content (AvgIpc) is 3.13. The molecule has 32 heavy (non-hydrogen) atoms. The zero-order chi connectivity index (χ0) is 22.7. The lowest BCUT2D eigenvalue weighted by atomic mass is 9.95. The number of carbonyl (C=O) groups excluding carboxylic acids is 1. The van der Waals surface area contributed by atoms with Crippen molar-refractivity contribution in [2.45, 2.75) is 45.6 Å². The third-order valence-corrected chi connectivity index (χ3v) is 7.34. The standard InChI is InChI=1S/C25H24ClIN2O2S/c1-15(2)31-23-16(12-17(26)13-20(23)27)14-28-25-22(19-10-6-7-11-21(19)32-25)24(30)29-18-8-4-3-5-9-18/h3-5,8-9,12-15H,6-7,10-11H2,1-2H3,(H,29,30). The van der Waals surface area contributed by atoms with Crippen LogP contribution in [-0.4, -0.2) is 18.2 Å². The number of aliphatic imine (C=N–C) groups is 1. The number of rotatable bonds is 6. The van der Waals surface area contributed by atoms with Gasteiger partial charge in [-0.05, 0) is 92.0 Å². The predicted molar refractivity (Wildman–Crippen MR) is 143 cm³/mol. The van der Waals surface area contributed by atoms with Gasteiger partial charge in [0.1, 0.15) is 10.8 Å². The lowest BCUT2D eigenvalue weighted by molar-refractivity contribution is 0.102. The number of benzene rings is 2. The first kappa shape index (κ1) is 23.3. The maximum absolute atomic E-state index is 13.3. The number of nitrogens with one attached hydrogen (secondary N) is 1. The second-order valence-corrected chi connectivity index (χ2v) is 10.6. The maximum atomic E-state index is 13.3. The minimum absolute atomic E-state index is 0.0260. The molecule has 0 fully saturated rings. The minimum Gasteiger partial charge on any atom is -0.489 e. The summed E-state index contributed by atoms with van der Waals surface area (Å²) in [6.45, 7) is 3.98. The van der Waals surface area contributed by atoms with Crippen LogP contribution in [0.1, 0.15) is 53.1 Å². The highest BCUT2D eigenvalue weighted by Crippen LogP contribution is 2.40. The van der Waals surface area contributed by atoms with E-state index in [1.807, 2.05) is 56.3 Å². The SMILES string of the molecule is CC(C)Oc1c(I)cc(Cl)cc1C=Nc1sc2c(c1C(=O)Nc1ccccc1)CCCC2. The van der Waals surface area contributed by atoms with E-state index in [0.29, 0.717) is 10.6 Å². The molecule has 0 unspecified atom stereocenters. The van der Waals surface area contributed by atoms with Crippen molar-refractivity contribution in [2.75, 3.05) is 5.32 Å². The number of carbonyl (C=O) groups is 1. The fourth-order valence-corrected chi connectivity index (χ4v) is 6.17. The lowest BCUT2D eigenvalue weighted by Crippen LogP contribution is -2.14. The van der Waals surface area contributed by atoms with Crippen molar-refractivity contribution in [2.24, 2.45) is 4.99 Å². The molecule has 3 aromatic rings. The van der Waals surface area contributed by atoms with Gasteiger partial charge in [0, 0.05) is 27.4 Å². The molecule has 1 amide bonds. The Kier molecular flexibility index (Phi) is 7.53. The van der Waals surface area contributed by atoms with Crippen LogP contribution in [0.25, 0.3) is 0 Å². The fraction of sp³-hybridized carbons (Fsp3) is 0.280. The van der Waals surface area contributed by atoms with Crippen molar-refractivity contribution in [3.8, 4) is 5.75 Å². The smallest absolute Gasteiger partial charge is 0.259 e. The molecule has 0 bridgehead atoms. The summed E-state index contributed by atoms with van der Waals surface area (Å²) in [5, 5.41) is 4.39. The van der Waals surface area contributed by atoms with Crippen LogP contribution in [0.4, 0.5) is 10.7 Å². The monoisotopic (exact) mass is 578 g/mol. The third kappa shape index (κ3) is 5.35. The van der Waals surface area contributed by atoms with Crippen molar-refractivity contribution in [1.29, 1.82) is 0 Å². The van der Waals surface area contributed by atoms with E-state index in [1.54, 1.807) is 17.6 Å². The first-order valence-electron chi connectivity index (χ1n) is 10.6. The average molecular weight is 579 g/mol. The van der Waals surface area contributed by atoms with E-state index in [-0.39, 0.29) is 12.0 Å². The van der Waals surface area contributed by atoms with Gasteiger partial charge >= 0.3 is 0 Å². The van der Waals surface area contributed by atoms with Gasteiger partial charge < -0.3 is 10.1 Å². The predicted octanol–water partition coefficient (Wildman–Crippen LogP) is 7.68. The molecule has 1 N–H and O–H groups in total. The summed E-state index contributed by atoms with van der Waals surface area (Å²) in [6, 6.07) is 13.3. The van der Waals surface area contributed by atoms with Crippen molar-refractivity contribution >= 4 is 68.3 Å². The number of para-hydroxylation sites is 1. The van der Waals surface area contributed by atoms with E-state index in [1.165, 1.54) is 4.88 Å². The van der Waals surface area contributed by atoms with E-state index < -0.39 is 0 Å². The summed E-state index contributed by atoms with van der Waals surface area (Å²) < 4.78 is 6.95. The Balaban J connectivity index is 1.72. The summed E-state index contributed by atoms with van der Waals surface area (Å²) in [4.78, 5) is 19.3. The van der Waals surface area contributed by atoms with Crippen molar-refractivity contribution in [1.82, 2.24) is 0 Å². The molecule has 166 valence electrons. The highest BCUT2D eigenvalue weighted by atomic mass is 127. The number of fused-ring (bicyclic) bond motifs is 1. The highest BCUT2D eigenvalue weighted by Gasteiger charge is 2.25. The quantitative estimate of drug-likeness (QED) is 0.241. The molecule has 0 saturated heterocycles. The summed E-state index contributed by atoms with van der Waals surface area (Å²) in [6.07, 6.45) is 5.95. The Morgan fingerprint density at radius 3 is 2.72 bits per heavy atom. The van der Waals surface area contributed by atoms with Gasteiger partial charge in [0.25, 0.3) is 5.91 Å². The molecule has 1 aliphatic carbocycles. The van der Waals surface area contributed by atoms with E-state index >= 15 is 0 Å². The van der Waals surface area contributed by atoms with Crippen LogP contribution in [0.15, 0.2) is 47.5 Å². The number of hydrogen-bond acceptors (Lipinski definition) is 4. The second-order valence-electron chi connectivity index (χ2n) is 7.94.